The van der Waals surface area contributed by atoms with Gasteiger partial charge in [0.15, 0.2) is 0 Å². The molecule has 28 heavy (non-hydrogen) atoms. The van der Waals surface area contributed by atoms with Crippen LogP contribution in [0.15, 0.2) is 36.5 Å². The zero-order chi connectivity index (χ0) is 19.8. The highest BCUT2D eigenvalue weighted by Crippen LogP contribution is 2.42. The second kappa shape index (κ2) is 7.02. The van der Waals surface area contributed by atoms with Gasteiger partial charge in [-0.2, -0.15) is 5.26 Å². The molecule has 0 bridgehead atoms. The van der Waals surface area contributed by atoms with Crippen LogP contribution < -0.4 is 4.74 Å². The van der Waals surface area contributed by atoms with Crippen LogP contribution in [0.4, 0.5) is 0 Å². The van der Waals surface area contributed by atoms with E-state index in [9.17, 15) is 9.90 Å². The molecule has 2 N–H and O–H groups in total. The Morgan fingerprint density at radius 3 is 2.82 bits per heavy atom. The molecule has 3 aromatic rings. The lowest BCUT2D eigenvalue weighted by Crippen LogP contribution is -2.26. The molecule has 4 rings (SSSR count). The average Bonchev–Trinajstić information content (AvgIpc) is 3.32. The van der Waals surface area contributed by atoms with Crippen molar-refractivity contribution in [1.82, 2.24) is 9.88 Å². The molecule has 2 heterocycles. The maximum Gasteiger partial charge on any atom is 0.305 e. The predicted molar refractivity (Wildman–Crippen MR) is 105 cm³/mol. The fraction of sp³-hybridized carbons (Fsp3) is 0.273. The summed E-state index contributed by atoms with van der Waals surface area (Å²) in [5.74, 6) is -0.158. The van der Waals surface area contributed by atoms with Crippen molar-refractivity contribution in [1.29, 1.82) is 5.26 Å². The van der Waals surface area contributed by atoms with Crippen molar-refractivity contribution in [2.24, 2.45) is 0 Å². The molecular weight excluding hydrogens is 354 g/mol. The van der Waals surface area contributed by atoms with E-state index < -0.39 is 5.97 Å². The Labute approximate surface area is 163 Å². The number of carboxylic acids is 1. The van der Waals surface area contributed by atoms with Crippen molar-refractivity contribution in [3.05, 3.63) is 64.3 Å². The van der Waals surface area contributed by atoms with Crippen molar-refractivity contribution in [2.75, 3.05) is 7.11 Å². The molecule has 1 aliphatic heterocycles. The number of hydrogen-bond donors (Lipinski definition) is 2. The summed E-state index contributed by atoms with van der Waals surface area (Å²) in [5, 5.41) is 19.8. The summed E-state index contributed by atoms with van der Waals surface area (Å²) < 4.78 is 5.66. The molecule has 0 fully saturated rings. The van der Waals surface area contributed by atoms with Crippen LogP contribution in [-0.4, -0.2) is 28.1 Å². The summed E-state index contributed by atoms with van der Waals surface area (Å²) in [4.78, 5) is 17.1. The number of nitrogens with zero attached hydrogens (tertiary/aromatic N) is 2. The maximum absolute atomic E-state index is 11.7. The van der Waals surface area contributed by atoms with E-state index in [1.54, 1.807) is 7.11 Å². The standard InChI is InChI=1S/C22H21N3O3/c1-13-7-19(28-2)21(17-5-6-24-22(13)17)18(9-20(26)27)25-11-15-4-3-14(10-23)8-16(15)12-25/h3-8,18,24H,9,11-12H2,1-2H3,(H,26,27). The normalized spacial score (nSPS) is 14.6. The Morgan fingerprint density at radius 1 is 1.32 bits per heavy atom. The number of aliphatic carboxylic acids is 1. The molecule has 0 amide bonds. The highest BCUT2D eigenvalue weighted by Gasteiger charge is 2.32. The molecule has 6 heteroatoms. The number of methoxy groups -OCH3 is 1. The second-order valence-electron chi connectivity index (χ2n) is 7.19. The number of ether oxygens (including phenoxy) is 1. The number of nitriles is 1. The fourth-order valence-corrected chi connectivity index (χ4v) is 4.20. The van der Waals surface area contributed by atoms with Crippen molar-refractivity contribution >= 4 is 16.9 Å². The Balaban J connectivity index is 1.82. The van der Waals surface area contributed by atoms with Gasteiger partial charge in [-0.3, -0.25) is 9.69 Å². The van der Waals surface area contributed by atoms with Crippen LogP contribution in [0.1, 0.15) is 40.3 Å². The number of benzene rings is 2. The minimum atomic E-state index is -0.856. The molecule has 1 aliphatic rings. The smallest absolute Gasteiger partial charge is 0.305 e. The third-order valence-electron chi connectivity index (χ3n) is 5.49. The van der Waals surface area contributed by atoms with E-state index in [-0.39, 0.29) is 12.5 Å². The van der Waals surface area contributed by atoms with Crippen LogP contribution in [0.5, 0.6) is 5.75 Å². The number of aryl methyl sites for hydroxylation is 1. The quantitative estimate of drug-likeness (QED) is 0.706. The van der Waals surface area contributed by atoms with Gasteiger partial charge < -0.3 is 14.8 Å². The van der Waals surface area contributed by atoms with Gasteiger partial charge in [0.25, 0.3) is 0 Å². The van der Waals surface area contributed by atoms with Crippen LogP contribution in [-0.2, 0) is 17.9 Å². The minimum absolute atomic E-state index is 0.0290. The van der Waals surface area contributed by atoms with Gasteiger partial charge in [-0.25, -0.2) is 0 Å². The van der Waals surface area contributed by atoms with E-state index in [1.807, 2.05) is 43.5 Å². The fourth-order valence-electron chi connectivity index (χ4n) is 4.20. The number of carboxylic acid groups (broad SMARTS) is 1. The van der Waals surface area contributed by atoms with E-state index in [0.29, 0.717) is 24.4 Å². The lowest BCUT2D eigenvalue weighted by molar-refractivity contribution is -0.138. The molecule has 2 aromatic carbocycles. The average molecular weight is 375 g/mol. The van der Waals surface area contributed by atoms with Crippen LogP contribution in [0, 0.1) is 18.3 Å². The van der Waals surface area contributed by atoms with Crippen molar-refractivity contribution in [2.45, 2.75) is 32.5 Å². The van der Waals surface area contributed by atoms with Gasteiger partial charge in [0, 0.05) is 35.8 Å². The van der Waals surface area contributed by atoms with Gasteiger partial charge in [0.05, 0.1) is 31.2 Å². The number of fused-ring (bicyclic) bond motifs is 2. The first kappa shape index (κ1) is 18.1. The summed E-state index contributed by atoms with van der Waals surface area (Å²) in [5.41, 5.74) is 5.76. The first-order chi connectivity index (χ1) is 13.5. The first-order valence-electron chi connectivity index (χ1n) is 9.14. The third kappa shape index (κ3) is 3.00. The molecule has 0 saturated heterocycles. The largest absolute Gasteiger partial charge is 0.496 e. The Kier molecular flexibility index (Phi) is 4.54. The Morgan fingerprint density at radius 2 is 2.11 bits per heavy atom. The summed E-state index contributed by atoms with van der Waals surface area (Å²) in [7, 11) is 1.62. The maximum atomic E-state index is 11.7. The van der Waals surface area contributed by atoms with E-state index >= 15 is 0 Å². The minimum Gasteiger partial charge on any atom is -0.496 e. The lowest BCUT2D eigenvalue weighted by Gasteiger charge is -2.29. The molecule has 0 aliphatic carbocycles. The number of nitrogens with one attached hydrogen (secondary N) is 1. The molecule has 0 radical (unpaired) electrons. The number of H-pyrrole nitrogens is 1. The second-order valence-corrected chi connectivity index (χ2v) is 7.19. The summed E-state index contributed by atoms with van der Waals surface area (Å²) >= 11 is 0. The van der Waals surface area contributed by atoms with Crippen LogP contribution >= 0.6 is 0 Å². The molecule has 1 unspecified atom stereocenters. The van der Waals surface area contributed by atoms with Crippen LogP contribution in [0.2, 0.25) is 0 Å². The van der Waals surface area contributed by atoms with E-state index in [4.69, 9.17) is 10.00 Å². The van der Waals surface area contributed by atoms with Crippen molar-refractivity contribution in [3.8, 4) is 11.8 Å². The van der Waals surface area contributed by atoms with Gasteiger partial charge in [0.1, 0.15) is 5.75 Å². The summed E-state index contributed by atoms with van der Waals surface area (Å²) in [6, 6.07) is 11.4. The van der Waals surface area contributed by atoms with Gasteiger partial charge >= 0.3 is 5.97 Å². The van der Waals surface area contributed by atoms with Crippen molar-refractivity contribution in [3.63, 3.8) is 0 Å². The molecule has 1 atom stereocenters. The van der Waals surface area contributed by atoms with E-state index in [1.165, 1.54) is 0 Å². The molecule has 1 aromatic heterocycles. The number of rotatable bonds is 5. The molecule has 0 spiro atoms. The third-order valence-corrected chi connectivity index (χ3v) is 5.49. The molecule has 0 saturated carbocycles. The van der Waals surface area contributed by atoms with E-state index in [0.717, 1.165) is 33.2 Å². The zero-order valence-corrected chi connectivity index (χ0v) is 15.8. The number of hydrogen-bond acceptors (Lipinski definition) is 4. The van der Waals surface area contributed by atoms with Crippen LogP contribution in [0.25, 0.3) is 10.9 Å². The first-order valence-corrected chi connectivity index (χ1v) is 9.14. The highest BCUT2D eigenvalue weighted by molar-refractivity contribution is 5.89. The SMILES string of the molecule is COc1cc(C)c2[nH]ccc2c1C(CC(=O)O)N1Cc2ccc(C#N)cc2C1. The van der Waals surface area contributed by atoms with Gasteiger partial charge in [0.2, 0.25) is 0 Å². The summed E-state index contributed by atoms with van der Waals surface area (Å²) in [6.45, 7) is 3.25. The van der Waals surface area contributed by atoms with Gasteiger partial charge in [-0.15, -0.1) is 0 Å². The zero-order valence-electron chi connectivity index (χ0n) is 15.8. The van der Waals surface area contributed by atoms with Gasteiger partial charge in [-0.1, -0.05) is 6.07 Å². The number of carbonyl (C=O) groups is 1. The monoisotopic (exact) mass is 375 g/mol. The highest BCUT2D eigenvalue weighted by atomic mass is 16.5. The van der Waals surface area contributed by atoms with Crippen molar-refractivity contribution < 1.29 is 14.6 Å². The molecule has 6 nitrogen and oxygen atoms in total. The number of aromatic amines is 1. The van der Waals surface area contributed by atoms with Crippen LogP contribution in [0.3, 0.4) is 0 Å². The Bertz CT molecular complexity index is 1110. The lowest BCUT2D eigenvalue weighted by atomic mass is 9.95. The van der Waals surface area contributed by atoms with E-state index in [2.05, 4.69) is 16.0 Å². The predicted octanol–water partition coefficient (Wildman–Crippen LogP) is 3.89. The molecular formula is C22H21N3O3. The topological polar surface area (TPSA) is 89.3 Å². The Hall–Kier alpha value is -3.30. The van der Waals surface area contributed by atoms with Gasteiger partial charge in [-0.05, 0) is 47.9 Å². The number of aromatic nitrogens is 1. The summed E-state index contributed by atoms with van der Waals surface area (Å²) in [6.07, 6.45) is 1.84. The molecule has 142 valence electrons.